The van der Waals surface area contributed by atoms with Gasteiger partial charge in [-0.15, -0.1) is 44.1 Å². The van der Waals surface area contributed by atoms with Crippen molar-refractivity contribution in [3.05, 3.63) is 337 Å². The van der Waals surface area contributed by atoms with E-state index in [0.717, 1.165) is 112 Å². The maximum atomic E-state index is 8.32. The molecule has 4 N–H and O–H groups in total. The normalized spacial score (nSPS) is 12.4. The minimum Gasteiger partial charge on any atom is -0.657 e. The summed E-state index contributed by atoms with van der Waals surface area (Å²) in [5.41, 5.74) is 42.6. The zero-order valence-corrected chi connectivity index (χ0v) is 55.4. The standard InChI is InChI=1S/C88H56N10.2Ni/c89-83-81(85-77(57-33-17-5-18-34-57)69-49-45-65(93-69)73(53-25-9-1-10-26-53)61-41-43-63(91-61)75(55-29-13-3-14-30-55)67-47-51-71(95-67)79(87(83)97-85)59-37-21-7-22-38-59)82-84(90)88-80(60-39-23-8-24-40-60)72-52-48-68(96-72)76(56-31-15-4-16-32-56)64-44-42-62(92-64)74(54-27-11-2-12-28-54)66-46-50-70(94-66)78(86(82)98-88)58-35-19-6-20-36-58;;/h1-52H,89-90H2;;/q-4;2*+2. The molecule has 0 aliphatic carbocycles. The van der Waals surface area contributed by atoms with Crippen molar-refractivity contribution in [3.63, 3.8) is 0 Å². The smallest absolute Gasteiger partial charge is 0.657 e. The van der Waals surface area contributed by atoms with Gasteiger partial charge in [0.1, 0.15) is 0 Å². The average molecular weight is 1370 g/mol. The van der Waals surface area contributed by atoms with Crippen molar-refractivity contribution in [1.82, 2.24) is 39.9 Å². The Hall–Kier alpha value is -12.5. The third-order valence-corrected chi connectivity index (χ3v) is 18.6. The monoisotopic (exact) mass is 1370 g/mol. The van der Waals surface area contributed by atoms with E-state index in [0.29, 0.717) is 89.6 Å². The Bertz CT molecular complexity index is 5650. The molecule has 0 radical (unpaired) electrons. The number of benzene rings is 8. The Morgan fingerprint density at radius 1 is 0.190 bits per heavy atom. The van der Waals surface area contributed by atoms with Crippen LogP contribution in [0.1, 0.15) is 45.6 Å². The molecular formula is C88H56N10Ni2. The number of allylic oxidation sites excluding steroid dienone is 2. The van der Waals surface area contributed by atoms with Gasteiger partial charge in [0.05, 0.1) is 56.9 Å². The van der Waals surface area contributed by atoms with E-state index in [1.54, 1.807) is 0 Å². The fourth-order valence-electron chi connectivity index (χ4n) is 14.2. The first-order valence-electron chi connectivity index (χ1n) is 32.7. The van der Waals surface area contributed by atoms with E-state index in [-0.39, 0.29) is 33.0 Å². The summed E-state index contributed by atoms with van der Waals surface area (Å²) in [4.78, 5) is 45.9. The number of rotatable bonds is 9. The zero-order valence-electron chi connectivity index (χ0n) is 53.4. The molecule has 0 saturated carbocycles. The van der Waals surface area contributed by atoms with Gasteiger partial charge in [0, 0.05) is 11.1 Å². The number of nitrogens with zero attached hydrogens (tertiary/aromatic N) is 8. The van der Waals surface area contributed by atoms with Crippen LogP contribution in [-0.4, -0.2) is 19.9 Å². The van der Waals surface area contributed by atoms with Gasteiger partial charge in [-0.05, 0) is 113 Å². The van der Waals surface area contributed by atoms with Crippen LogP contribution >= 0.6 is 0 Å². The molecule has 18 rings (SSSR count). The Labute approximate surface area is 596 Å². The molecule has 12 heteroatoms. The molecule has 0 saturated heterocycles. The first-order valence-corrected chi connectivity index (χ1v) is 32.7. The van der Waals surface area contributed by atoms with Crippen molar-refractivity contribution < 1.29 is 33.0 Å². The molecular weight excluding hydrogens is 1310 g/mol. The Morgan fingerprint density at radius 3 is 0.560 bits per heavy atom. The fraction of sp³-hybridized carbons (Fsp3) is 0. The van der Waals surface area contributed by atoms with E-state index in [9.17, 15) is 0 Å². The van der Waals surface area contributed by atoms with Gasteiger partial charge in [-0.1, -0.05) is 291 Å². The SMILES string of the molecule is NC1=C(C2=C(N)c3nc2c(-c2ccccc2)c2ccc([n-]2)c(-c2ccccc2)c2nc(c(-c4ccccc4)c4ccc([n-]4)c3-c3ccccc3)C=C2)c2nc1c(-c1ccccc1)c1ccc([n-]1)c(-c1ccccc1)c1nc(c(-c3ccccc3)c3ccc([n-]3)c2-c2ccccc2)C=C1.[Ni+2].[Ni+2]. The van der Waals surface area contributed by atoms with Gasteiger partial charge < -0.3 is 31.4 Å². The molecule has 8 aromatic carbocycles. The second-order valence-corrected chi connectivity index (χ2v) is 24.4. The Balaban J connectivity index is 0.00000389. The van der Waals surface area contributed by atoms with E-state index >= 15 is 0 Å². The van der Waals surface area contributed by atoms with E-state index in [4.69, 9.17) is 51.3 Å². The number of aromatic nitrogens is 8. The molecule has 0 atom stereocenters. The largest absolute Gasteiger partial charge is 2.00 e. The Kier molecular flexibility index (Phi) is 16.3. The first-order chi connectivity index (χ1) is 48.5. The van der Waals surface area contributed by atoms with Crippen LogP contribution in [-0.2, 0) is 33.0 Å². The van der Waals surface area contributed by atoms with Crippen molar-refractivity contribution in [2.24, 2.45) is 11.5 Å². The predicted octanol–water partition coefficient (Wildman–Crippen LogP) is 19.5. The summed E-state index contributed by atoms with van der Waals surface area (Å²) in [7, 11) is 0. The second kappa shape index (κ2) is 26.2. The van der Waals surface area contributed by atoms with Gasteiger partial charge in [-0.25, -0.2) is 19.9 Å². The van der Waals surface area contributed by atoms with Crippen LogP contribution in [0.15, 0.2) is 291 Å². The molecule has 100 heavy (non-hydrogen) atoms. The van der Waals surface area contributed by atoms with Gasteiger partial charge in [0.25, 0.3) is 0 Å². The molecule has 0 spiro atoms. The summed E-state index contributed by atoms with van der Waals surface area (Å²) in [6, 6.07) is 99.1. The van der Waals surface area contributed by atoms with Crippen LogP contribution < -0.4 is 31.4 Å². The van der Waals surface area contributed by atoms with Gasteiger partial charge in [0.15, 0.2) is 0 Å². The van der Waals surface area contributed by atoms with E-state index in [2.05, 4.69) is 194 Å². The van der Waals surface area contributed by atoms with Crippen LogP contribution in [0.2, 0.25) is 0 Å². The molecule has 14 aromatic rings. The number of hydrogen-bond acceptors (Lipinski definition) is 6. The van der Waals surface area contributed by atoms with Crippen molar-refractivity contribution in [3.8, 4) is 89.0 Å². The summed E-state index contributed by atoms with van der Waals surface area (Å²) in [5, 5.41) is 0. The topological polar surface area (TPSA) is 160 Å². The van der Waals surface area contributed by atoms with Gasteiger partial charge >= 0.3 is 33.0 Å². The molecule has 10 heterocycles. The van der Waals surface area contributed by atoms with Gasteiger partial charge in [0.2, 0.25) is 0 Å². The summed E-state index contributed by atoms with van der Waals surface area (Å²) in [6.45, 7) is 0. The van der Waals surface area contributed by atoms with Crippen LogP contribution in [0.4, 0.5) is 0 Å². The molecule has 10 nitrogen and oxygen atoms in total. The summed E-state index contributed by atoms with van der Waals surface area (Å²) < 4.78 is 0. The molecule has 0 amide bonds. The van der Waals surface area contributed by atoms with Gasteiger partial charge in [-0.3, -0.25) is 0 Å². The number of fused-ring (bicyclic) bond motifs is 16. The van der Waals surface area contributed by atoms with Gasteiger partial charge in [-0.2, -0.15) is 0 Å². The molecule has 16 bridgehead atoms. The van der Waals surface area contributed by atoms with Crippen molar-refractivity contribution in [2.45, 2.75) is 0 Å². The minimum atomic E-state index is 0. The molecule has 0 unspecified atom stereocenters. The van der Waals surface area contributed by atoms with Crippen LogP contribution in [0.5, 0.6) is 0 Å². The summed E-state index contributed by atoms with van der Waals surface area (Å²) >= 11 is 0. The Morgan fingerprint density at radius 2 is 0.360 bits per heavy atom. The third kappa shape index (κ3) is 10.8. The average Bonchev–Trinajstić information content (AvgIpc) is 1.56. The van der Waals surface area contributed by atoms with E-state index in [1.807, 2.05) is 121 Å². The van der Waals surface area contributed by atoms with Crippen molar-refractivity contribution in [2.75, 3.05) is 0 Å². The summed E-state index contributed by atoms with van der Waals surface area (Å²) in [6.07, 6.45) is 8.36. The predicted molar refractivity (Wildman–Crippen MR) is 401 cm³/mol. The maximum absolute atomic E-state index is 8.32. The molecule has 6 aromatic heterocycles. The quantitative estimate of drug-likeness (QED) is 0.133. The van der Waals surface area contributed by atoms with Crippen LogP contribution in [0, 0.1) is 0 Å². The number of hydrogen-bond donors (Lipinski definition) is 2. The second-order valence-electron chi connectivity index (χ2n) is 24.4. The molecule has 478 valence electrons. The third-order valence-electron chi connectivity index (χ3n) is 18.6. The molecule has 0 fully saturated rings. The van der Waals surface area contributed by atoms with Crippen LogP contribution in [0.25, 0.3) is 180 Å². The zero-order chi connectivity index (χ0) is 65.2. The van der Waals surface area contributed by atoms with E-state index < -0.39 is 0 Å². The van der Waals surface area contributed by atoms with Crippen LogP contribution in [0.3, 0.4) is 0 Å². The maximum Gasteiger partial charge on any atom is 2.00 e. The van der Waals surface area contributed by atoms with Crippen molar-refractivity contribution in [1.29, 1.82) is 0 Å². The van der Waals surface area contributed by atoms with E-state index in [1.165, 1.54) is 0 Å². The summed E-state index contributed by atoms with van der Waals surface area (Å²) in [5.74, 6) is 0. The fourth-order valence-corrected chi connectivity index (χ4v) is 14.2. The molecule has 4 aliphatic rings. The first kappa shape index (κ1) is 62.4. The minimum absolute atomic E-state index is 0. The number of nitrogens with two attached hydrogens (primary N) is 2. The molecule has 4 aliphatic heterocycles. The van der Waals surface area contributed by atoms with Crippen molar-refractivity contribution >= 4 is 91.0 Å².